The van der Waals surface area contributed by atoms with Gasteiger partial charge in [-0.1, -0.05) is 48.5 Å². The standard InChI is InChI=1S/C28H32N2O5/c1-28(2,3)35-17-24(26(31)18-13-14-25(34-4)29-15-18)30(27(32)33)16-23-21-11-7-5-9-19(21)20-10-6-8-12-22(20)23/h5-15,23-24,26,31H,16-17H2,1-4H3,(H,32,33)/t24-,26-/m0/s1. The number of fused-ring (bicyclic) bond motifs is 3. The van der Waals surface area contributed by atoms with E-state index in [1.807, 2.05) is 57.2 Å². The van der Waals surface area contributed by atoms with Crippen LogP contribution in [0.25, 0.3) is 11.1 Å². The molecule has 184 valence electrons. The molecule has 1 aliphatic rings. The highest BCUT2D eigenvalue weighted by atomic mass is 16.5. The number of carboxylic acid groups (broad SMARTS) is 1. The Kier molecular flexibility index (Phi) is 7.10. The predicted molar refractivity (Wildman–Crippen MR) is 134 cm³/mol. The Morgan fingerprint density at radius 2 is 1.63 bits per heavy atom. The molecule has 1 aliphatic carbocycles. The maximum absolute atomic E-state index is 12.6. The molecular formula is C28H32N2O5. The number of benzene rings is 2. The summed E-state index contributed by atoms with van der Waals surface area (Å²) in [6.45, 7) is 5.92. The van der Waals surface area contributed by atoms with Crippen LogP contribution in [0.15, 0.2) is 66.9 Å². The molecule has 2 N–H and O–H groups in total. The molecule has 0 radical (unpaired) electrons. The van der Waals surface area contributed by atoms with Gasteiger partial charge in [0.05, 0.1) is 25.4 Å². The molecule has 0 fully saturated rings. The maximum Gasteiger partial charge on any atom is 0.407 e. The van der Waals surface area contributed by atoms with Crippen LogP contribution in [0.2, 0.25) is 0 Å². The van der Waals surface area contributed by atoms with Crippen molar-refractivity contribution in [3.63, 3.8) is 0 Å². The van der Waals surface area contributed by atoms with Crippen LogP contribution in [0.4, 0.5) is 4.79 Å². The zero-order chi connectivity index (χ0) is 25.2. The van der Waals surface area contributed by atoms with Crippen molar-refractivity contribution in [1.82, 2.24) is 9.88 Å². The molecule has 0 spiro atoms. The Balaban J connectivity index is 1.70. The molecule has 1 heterocycles. The largest absolute Gasteiger partial charge is 0.481 e. The van der Waals surface area contributed by atoms with Gasteiger partial charge < -0.3 is 19.7 Å². The van der Waals surface area contributed by atoms with Crippen molar-refractivity contribution in [3.05, 3.63) is 83.6 Å². The number of methoxy groups -OCH3 is 1. The van der Waals surface area contributed by atoms with Gasteiger partial charge in [-0.15, -0.1) is 0 Å². The van der Waals surface area contributed by atoms with Crippen LogP contribution in [0.5, 0.6) is 5.88 Å². The molecule has 0 saturated carbocycles. The van der Waals surface area contributed by atoms with E-state index in [9.17, 15) is 15.0 Å². The van der Waals surface area contributed by atoms with E-state index in [0.717, 1.165) is 22.3 Å². The fourth-order valence-corrected chi connectivity index (χ4v) is 4.61. The van der Waals surface area contributed by atoms with Crippen molar-refractivity contribution < 1.29 is 24.5 Å². The van der Waals surface area contributed by atoms with Crippen LogP contribution >= 0.6 is 0 Å². The SMILES string of the molecule is COc1ccc([C@H](O)[C@H](COC(C)(C)C)N(CC2c3ccccc3-c3ccccc32)C(=O)O)cn1. The molecule has 7 heteroatoms. The van der Waals surface area contributed by atoms with Crippen LogP contribution in [-0.4, -0.2) is 58.1 Å². The van der Waals surface area contributed by atoms with Crippen LogP contribution in [0, 0.1) is 0 Å². The Morgan fingerprint density at radius 3 is 2.11 bits per heavy atom. The third-order valence-electron chi connectivity index (χ3n) is 6.35. The summed E-state index contributed by atoms with van der Waals surface area (Å²) >= 11 is 0. The molecule has 0 unspecified atom stereocenters. The van der Waals surface area contributed by atoms with Gasteiger partial charge in [0.2, 0.25) is 5.88 Å². The Bertz CT molecular complexity index is 1130. The summed E-state index contributed by atoms with van der Waals surface area (Å²) in [6.07, 6.45) is -0.748. The zero-order valence-electron chi connectivity index (χ0n) is 20.5. The first-order valence-electron chi connectivity index (χ1n) is 11.7. The minimum atomic E-state index is -1.14. The molecule has 0 bridgehead atoms. The first-order valence-corrected chi connectivity index (χ1v) is 11.7. The molecular weight excluding hydrogens is 444 g/mol. The number of ether oxygens (including phenoxy) is 2. The number of rotatable bonds is 8. The smallest absolute Gasteiger partial charge is 0.407 e. The van der Waals surface area contributed by atoms with Gasteiger partial charge in [-0.2, -0.15) is 0 Å². The number of hydrogen-bond acceptors (Lipinski definition) is 5. The second kappa shape index (κ2) is 10.1. The van der Waals surface area contributed by atoms with Gasteiger partial charge in [-0.3, -0.25) is 4.90 Å². The molecule has 35 heavy (non-hydrogen) atoms. The molecule has 0 aliphatic heterocycles. The number of nitrogens with zero attached hydrogens (tertiary/aromatic N) is 2. The summed E-state index contributed by atoms with van der Waals surface area (Å²) in [4.78, 5) is 18.1. The molecule has 3 aromatic rings. The summed E-state index contributed by atoms with van der Waals surface area (Å²) in [7, 11) is 1.52. The van der Waals surface area contributed by atoms with E-state index in [4.69, 9.17) is 9.47 Å². The second-order valence-corrected chi connectivity index (χ2v) is 9.73. The van der Waals surface area contributed by atoms with E-state index in [2.05, 4.69) is 17.1 Å². The Hall–Kier alpha value is -3.42. The fourth-order valence-electron chi connectivity index (χ4n) is 4.61. The monoisotopic (exact) mass is 476 g/mol. The second-order valence-electron chi connectivity index (χ2n) is 9.73. The summed E-state index contributed by atoms with van der Waals surface area (Å²) < 4.78 is 11.1. The van der Waals surface area contributed by atoms with Gasteiger partial charge in [-0.25, -0.2) is 9.78 Å². The van der Waals surface area contributed by atoms with E-state index in [-0.39, 0.29) is 19.1 Å². The highest BCUT2D eigenvalue weighted by Gasteiger charge is 2.37. The maximum atomic E-state index is 12.6. The van der Waals surface area contributed by atoms with Crippen molar-refractivity contribution in [3.8, 4) is 17.0 Å². The number of amides is 1. The summed E-state index contributed by atoms with van der Waals surface area (Å²) in [5.74, 6) is 0.259. The average molecular weight is 477 g/mol. The number of pyridine rings is 1. The lowest BCUT2D eigenvalue weighted by Crippen LogP contribution is -2.48. The Labute approximate surface area is 206 Å². The normalized spacial score (nSPS) is 14.7. The number of aliphatic hydroxyl groups excluding tert-OH is 1. The van der Waals surface area contributed by atoms with E-state index in [0.29, 0.717) is 11.4 Å². The lowest BCUT2D eigenvalue weighted by atomic mass is 9.94. The molecule has 2 atom stereocenters. The third-order valence-corrected chi connectivity index (χ3v) is 6.35. The highest BCUT2D eigenvalue weighted by molar-refractivity contribution is 5.79. The third kappa shape index (κ3) is 5.31. The number of hydrogen-bond donors (Lipinski definition) is 2. The minimum absolute atomic E-state index is 0.0268. The lowest BCUT2D eigenvalue weighted by molar-refractivity contribution is -0.0619. The first-order chi connectivity index (χ1) is 16.7. The number of aromatic nitrogens is 1. The topological polar surface area (TPSA) is 92.1 Å². The van der Waals surface area contributed by atoms with E-state index >= 15 is 0 Å². The zero-order valence-corrected chi connectivity index (χ0v) is 20.5. The van der Waals surface area contributed by atoms with E-state index in [1.54, 1.807) is 12.1 Å². The van der Waals surface area contributed by atoms with Gasteiger partial charge in [0.25, 0.3) is 0 Å². The van der Waals surface area contributed by atoms with Gasteiger partial charge >= 0.3 is 6.09 Å². The van der Waals surface area contributed by atoms with Crippen molar-refractivity contribution in [2.45, 2.75) is 44.4 Å². The van der Waals surface area contributed by atoms with E-state index in [1.165, 1.54) is 18.2 Å². The molecule has 2 aromatic carbocycles. The fraction of sp³-hybridized carbons (Fsp3) is 0.357. The lowest BCUT2D eigenvalue weighted by Gasteiger charge is -2.36. The van der Waals surface area contributed by atoms with Crippen LogP contribution in [0.1, 0.15) is 49.5 Å². The molecule has 1 amide bonds. The summed E-state index contributed by atoms with van der Waals surface area (Å²) in [5, 5.41) is 21.7. The molecule has 7 nitrogen and oxygen atoms in total. The van der Waals surface area contributed by atoms with Gasteiger partial charge in [-0.05, 0) is 49.1 Å². The van der Waals surface area contributed by atoms with Crippen LogP contribution in [-0.2, 0) is 4.74 Å². The highest BCUT2D eigenvalue weighted by Crippen LogP contribution is 2.45. The van der Waals surface area contributed by atoms with Crippen molar-refractivity contribution in [1.29, 1.82) is 0 Å². The van der Waals surface area contributed by atoms with Gasteiger partial charge in [0.15, 0.2) is 0 Å². The van der Waals surface area contributed by atoms with Crippen molar-refractivity contribution in [2.75, 3.05) is 20.3 Å². The number of aliphatic hydroxyl groups is 1. The van der Waals surface area contributed by atoms with Crippen molar-refractivity contribution >= 4 is 6.09 Å². The van der Waals surface area contributed by atoms with Crippen LogP contribution in [0.3, 0.4) is 0 Å². The predicted octanol–water partition coefficient (Wildman–Crippen LogP) is 5.10. The Morgan fingerprint density at radius 1 is 1.03 bits per heavy atom. The molecule has 0 saturated heterocycles. The first kappa shape index (κ1) is 24.7. The van der Waals surface area contributed by atoms with Gasteiger partial charge in [0.1, 0.15) is 6.10 Å². The van der Waals surface area contributed by atoms with E-state index < -0.39 is 23.8 Å². The average Bonchev–Trinajstić information content (AvgIpc) is 3.16. The molecule has 4 rings (SSSR count). The van der Waals surface area contributed by atoms with Gasteiger partial charge in [0, 0.05) is 30.3 Å². The number of carbonyl (C=O) groups is 1. The summed E-state index contributed by atoms with van der Waals surface area (Å²) in [6, 6.07) is 18.7. The quantitative estimate of drug-likeness (QED) is 0.470. The molecule has 1 aromatic heterocycles. The summed E-state index contributed by atoms with van der Waals surface area (Å²) in [5.41, 5.74) is 4.37. The van der Waals surface area contributed by atoms with Crippen molar-refractivity contribution in [2.24, 2.45) is 0 Å². The van der Waals surface area contributed by atoms with Crippen LogP contribution < -0.4 is 4.74 Å². The minimum Gasteiger partial charge on any atom is -0.481 e.